The molecular weight excluding hydrogens is 459 g/mol. The number of rotatable bonds is 8. The minimum Gasteiger partial charge on any atom is -0.487 e. The van der Waals surface area contributed by atoms with E-state index in [1.165, 1.54) is 0 Å². The standard InChI is InChI=1S/C26H22Cl2N2O3/c27-19-8-4-16(23(13-19)26(29)32)7-11-25(31)18-2-1-3-22(12-18)33-15-21-10-6-17-5-9-20(28)14-24(17)30-21/h1-6,8-10,12-14,25,31H,7,11,15H2,(H2,29,32). The molecule has 0 radical (unpaired) electrons. The second kappa shape index (κ2) is 10.2. The van der Waals surface area contributed by atoms with E-state index in [1.807, 2.05) is 48.5 Å². The molecule has 1 atom stereocenters. The molecule has 0 fully saturated rings. The molecule has 1 unspecified atom stereocenters. The van der Waals surface area contributed by atoms with Gasteiger partial charge in [0.15, 0.2) is 0 Å². The zero-order chi connectivity index (χ0) is 23.4. The van der Waals surface area contributed by atoms with Crippen molar-refractivity contribution >= 4 is 40.0 Å². The molecule has 0 aliphatic carbocycles. The largest absolute Gasteiger partial charge is 0.487 e. The summed E-state index contributed by atoms with van der Waals surface area (Å²) in [4.78, 5) is 16.3. The van der Waals surface area contributed by atoms with Crippen LogP contribution in [0.25, 0.3) is 10.9 Å². The number of nitrogens with zero attached hydrogens (tertiary/aromatic N) is 1. The van der Waals surface area contributed by atoms with E-state index in [0.717, 1.165) is 27.7 Å². The summed E-state index contributed by atoms with van der Waals surface area (Å²) in [5.74, 6) is 0.0887. The summed E-state index contributed by atoms with van der Waals surface area (Å²) in [6.07, 6.45) is 0.162. The van der Waals surface area contributed by atoms with Gasteiger partial charge in [-0.2, -0.15) is 0 Å². The van der Waals surface area contributed by atoms with Crippen LogP contribution in [0.3, 0.4) is 0 Å². The summed E-state index contributed by atoms with van der Waals surface area (Å²) < 4.78 is 5.91. The van der Waals surface area contributed by atoms with Gasteiger partial charge in [-0.05, 0) is 66.4 Å². The van der Waals surface area contributed by atoms with Crippen molar-refractivity contribution in [3.8, 4) is 5.75 Å². The third-order valence-corrected chi connectivity index (χ3v) is 5.84. The molecule has 0 saturated heterocycles. The topological polar surface area (TPSA) is 85.4 Å². The normalized spacial score (nSPS) is 12.0. The highest BCUT2D eigenvalue weighted by atomic mass is 35.5. The van der Waals surface area contributed by atoms with Crippen molar-refractivity contribution in [3.63, 3.8) is 0 Å². The lowest BCUT2D eigenvalue weighted by atomic mass is 9.97. The number of hydrogen-bond donors (Lipinski definition) is 2. The second-order valence-corrected chi connectivity index (χ2v) is 8.59. The number of amides is 1. The minimum absolute atomic E-state index is 0.286. The number of ether oxygens (including phenoxy) is 1. The number of hydrogen-bond acceptors (Lipinski definition) is 4. The van der Waals surface area contributed by atoms with E-state index in [4.69, 9.17) is 33.7 Å². The number of aliphatic hydroxyl groups is 1. The van der Waals surface area contributed by atoms with Gasteiger partial charge in [0.2, 0.25) is 5.91 Å². The molecular formula is C26H22Cl2N2O3. The van der Waals surface area contributed by atoms with E-state index >= 15 is 0 Å². The van der Waals surface area contributed by atoms with Gasteiger partial charge in [-0.3, -0.25) is 4.79 Å². The number of aliphatic hydroxyl groups excluding tert-OH is 1. The number of fused-ring (bicyclic) bond motifs is 1. The van der Waals surface area contributed by atoms with Crippen LogP contribution in [0.4, 0.5) is 0 Å². The Bertz CT molecular complexity index is 1310. The van der Waals surface area contributed by atoms with Crippen molar-refractivity contribution in [2.45, 2.75) is 25.6 Å². The van der Waals surface area contributed by atoms with Gasteiger partial charge in [-0.1, -0.05) is 53.5 Å². The zero-order valence-electron chi connectivity index (χ0n) is 17.7. The van der Waals surface area contributed by atoms with Gasteiger partial charge in [-0.25, -0.2) is 4.98 Å². The van der Waals surface area contributed by atoms with E-state index in [0.29, 0.717) is 34.2 Å². The van der Waals surface area contributed by atoms with Gasteiger partial charge in [-0.15, -0.1) is 0 Å². The van der Waals surface area contributed by atoms with Crippen LogP contribution in [-0.2, 0) is 13.0 Å². The number of aryl methyl sites for hydroxylation is 1. The van der Waals surface area contributed by atoms with Crippen LogP contribution < -0.4 is 10.5 Å². The number of nitrogens with two attached hydrogens (primary N) is 1. The summed E-state index contributed by atoms with van der Waals surface area (Å²) in [6, 6.07) is 21.8. The van der Waals surface area contributed by atoms with Crippen molar-refractivity contribution in [1.29, 1.82) is 0 Å². The first-order chi connectivity index (χ1) is 15.9. The summed E-state index contributed by atoms with van der Waals surface area (Å²) in [5.41, 5.74) is 8.88. The molecule has 0 bridgehead atoms. The van der Waals surface area contributed by atoms with E-state index in [-0.39, 0.29) is 6.61 Å². The first kappa shape index (κ1) is 23.1. The fourth-order valence-electron chi connectivity index (χ4n) is 3.64. The summed E-state index contributed by atoms with van der Waals surface area (Å²) in [7, 11) is 0. The molecule has 0 spiro atoms. The lowest BCUT2D eigenvalue weighted by Gasteiger charge is -2.14. The van der Waals surface area contributed by atoms with E-state index in [2.05, 4.69) is 4.98 Å². The van der Waals surface area contributed by atoms with Crippen LogP contribution in [0.5, 0.6) is 5.75 Å². The monoisotopic (exact) mass is 480 g/mol. The quantitative estimate of drug-likeness (QED) is 0.329. The lowest BCUT2D eigenvalue weighted by Crippen LogP contribution is -2.14. The molecule has 1 heterocycles. The van der Waals surface area contributed by atoms with Crippen LogP contribution in [-0.4, -0.2) is 16.0 Å². The molecule has 0 aliphatic rings. The maximum absolute atomic E-state index is 11.7. The SMILES string of the molecule is NC(=O)c1cc(Cl)ccc1CCC(O)c1cccc(OCc2ccc3ccc(Cl)cc3n2)c1. The molecule has 33 heavy (non-hydrogen) atoms. The van der Waals surface area contributed by atoms with Crippen LogP contribution in [0.1, 0.15) is 39.7 Å². The molecule has 168 valence electrons. The van der Waals surface area contributed by atoms with Gasteiger partial charge >= 0.3 is 0 Å². The number of halogens is 2. The highest BCUT2D eigenvalue weighted by Crippen LogP contribution is 2.26. The van der Waals surface area contributed by atoms with Crippen molar-refractivity contribution in [3.05, 3.63) is 105 Å². The molecule has 0 saturated carbocycles. The van der Waals surface area contributed by atoms with Gasteiger partial charge in [0.1, 0.15) is 12.4 Å². The predicted octanol–water partition coefficient (Wildman–Crippen LogP) is 5.89. The highest BCUT2D eigenvalue weighted by molar-refractivity contribution is 6.31. The van der Waals surface area contributed by atoms with Gasteiger partial charge in [0.25, 0.3) is 0 Å². The number of carbonyl (C=O) groups is 1. The average molecular weight is 481 g/mol. The first-order valence-electron chi connectivity index (χ1n) is 10.4. The van der Waals surface area contributed by atoms with Crippen LogP contribution >= 0.6 is 23.2 Å². The lowest BCUT2D eigenvalue weighted by molar-refractivity contribution is 0.0998. The summed E-state index contributed by atoms with van der Waals surface area (Å²) in [5, 5.41) is 12.8. The third-order valence-electron chi connectivity index (χ3n) is 5.37. The Labute approximate surface area is 201 Å². The first-order valence-corrected chi connectivity index (χ1v) is 11.2. The predicted molar refractivity (Wildman–Crippen MR) is 131 cm³/mol. The van der Waals surface area contributed by atoms with E-state index in [1.54, 1.807) is 24.3 Å². The molecule has 3 N–H and O–H groups in total. The molecule has 5 nitrogen and oxygen atoms in total. The number of primary amides is 1. The Hall–Kier alpha value is -3.12. The molecule has 4 aromatic rings. The summed E-state index contributed by atoms with van der Waals surface area (Å²) >= 11 is 12.0. The zero-order valence-corrected chi connectivity index (χ0v) is 19.2. The molecule has 4 rings (SSSR count). The Kier molecular flexibility index (Phi) is 7.14. The number of benzene rings is 3. The highest BCUT2D eigenvalue weighted by Gasteiger charge is 2.13. The molecule has 1 amide bonds. The average Bonchev–Trinajstić information content (AvgIpc) is 2.81. The Morgan fingerprint density at radius 2 is 1.76 bits per heavy atom. The fourth-order valence-corrected chi connectivity index (χ4v) is 3.98. The fraction of sp³-hybridized carbons (Fsp3) is 0.154. The van der Waals surface area contributed by atoms with Crippen LogP contribution in [0.2, 0.25) is 10.0 Å². The van der Waals surface area contributed by atoms with Crippen molar-refractivity contribution in [2.75, 3.05) is 0 Å². The van der Waals surface area contributed by atoms with Crippen LogP contribution in [0.15, 0.2) is 72.8 Å². The van der Waals surface area contributed by atoms with Crippen molar-refractivity contribution < 1.29 is 14.6 Å². The summed E-state index contributed by atoms with van der Waals surface area (Å²) in [6.45, 7) is 0.286. The van der Waals surface area contributed by atoms with Gasteiger partial charge < -0.3 is 15.6 Å². The van der Waals surface area contributed by atoms with Crippen molar-refractivity contribution in [1.82, 2.24) is 4.98 Å². The maximum Gasteiger partial charge on any atom is 0.249 e. The van der Waals surface area contributed by atoms with Crippen LogP contribution in [0, 0.1) is 0 Å². The van der Waals surface area contributed by atoms with Gasteiger partial charge in [0.05, 0.1) is 17.3 Å². The molecule has 1 aromatic heterocycles. The maximum atomic E-state index is 11.7. The number of pyridine rings is 1. The van der Waals surface area contributed by atoms with Gasteiger partial charge in [0, 0.05) is 21.0 Å². The Balaban J connectivity index is 1.41. The molecule has 0 aliphatic heterocycles. The van der Waals surface area contributed by atoms with E-state index in [9.17, 15) is 9.90 Å². The third kappa shape index (κ3) is 5.82. The van der Waals surface area contributed by atoms with Crippen molar-refractivity contribution in [2.24, 2.45) is 5.73 Å². The smallest absolute Gasteiger partial charge is 0.249 e. The number of aromatic nitrogens is 1. The minimum atomic E-state index is -0.731. The molecule has 7 heteroatoms. The Morgan fingerprint density at radius 3 is 2.58 bits per heavy atom. The number of carbonyl (C=O) groups excluding carboxylic acids is 1. The second-order valence-electron chi connectivity index (χ2n) is 7.72. The molecule has 3 aromatic carbocycles. The van der Waals surface area contributed by atoms with E-state index < -0.39 is 12.0 Å². The Morgan fingerprint density at radius 1 is 1.00 bits per heavy atom.